The molecule has 4 aromatic rings. The van der Waals surface area contributed by atoms with E-state index in [9.17, 15) is 0 Å². The third-order valence-corrected chi connectivity index (χ3v) is 5.63. The molecule has 6 nitrogen and oxygen atoms in total. The molecule has 170 valence electrons. The Hall–Kier alpha value is -3.93. The third kappa shape index (κ3) is 4.00. The van der Waals surface area contributed by atoms with Gasteiger partial charge in [-0.05, 0) is 29.3 Å². The van der Waals surface area contributed by atoms with Gasteiger partial charge in [0, 0.05) is 36.7 Å². The zero-order valence-electron chi connectivity index (χ0n) is 19.8. The Balaban J connectivity index is 2.17. The molecule has 1 heterocycles. The lowest BCUT2D eigenvalue weighted by Crippen LogP contribution is -2.13. The molecule has 0 saturated carbocycles. The van der Waals surface area contributed by atoms with E-state index in [1.165, 1.54) is 0 Å². The van der Waals surface area contributed by atoms with E-state index in [2.05, 4.69) is 12.1 Å². The summed E-state index contributed by atoms with van der Waals surface area (Å²) in [5, 5.41) is 0.967. The van der Waals surface area contributed by atoms with Crippen LogP contribution in [0.3, 0.4) is 0 Å². The Kier molecular flexibility index (Phi) is 6.27. The quantitative estimate of drug-likeness (QED) is 0.366. The Labute approximate surface area is 194 Å². The predicted molar refractivity (Wildman–Crippen MR) is 133 cm³/mol. The number of methoxy groups -OCH3 is 4. The normalized spacial score (nSPS) is 10.7. The van der Waals surface area contributed by atoms with Gasteiger partial charge in [0.05, 0.1) is 34.0 Å². The summed E-state index contributed by atoms with van der Waals surface area (Å²) in [4.78, 5) is 7.06. The molecule has 0 aliphatic rings. The van der Waals surface area contributed by atoms with Gasteiger partial charge in [0.25, 0.3) is 0 Å². The van der Waals surface area contributed by atoms with Crippen molar-refractivity contribution in [3.05, 3.63) is 60.7 Å². The fraction of sp³-hybridized carbons (Fsp3) is 0.222. The highest BCUT2D eigenvalue weighted by Crippen LogP contribution is 2.46. The molecule has 0 bridgehead atoms. The first-order chi connectivity index (χ1) is 16.0. The Bertz CT molecular complexity index is 1290. The van der Waals surface area contributed by atoms with Crippen molar-refractivity contribution in [1.29, 1.82) is 0 Å². The van der Waals surface area contributed by atoms with Gasteiger partial charge in [-0.15, -0.1) is 0 Å². The summed E-state index contributed by atoms with van der Waals surface area (Å²) in [5.41, 5.74) is 4.91. The van der Waals surface area contributed by atoms with Crippen LogP contribution in [0.1, 0.15) is 0 Å². The summed E-state index contributed by atoms with van der Waals surface area (Å²) < 4.78 is 22.2. The second-order valence-electron chi connectivity index (χ2n) is 7.74. The van der Waals surface area contributed by atoms with Gasteiger partial charge in [-0.25, -0.2) is 4.98 Å². The smallest absolute Gasteiger partial charge is 0.162 e. The molecule has 0 fully saturated rings. The van der Waals surface area contributed by atoms with Crippen LogP contribution in [-0.4, -0.2) is 47.5 Å². The van der Waals surface area contributed by atoms with Crippen molar-refractivity contribution >= 4 is 16.7 Å². The number of benzene rings is 3. The Morgan fingerprint density at radius 2 is 1.21 bits per heavy atom. The van der Waals surface area contributed by atoms with Crippen molar-refractivity contribution < 1.29 is 18.9 Å². The van der Waals surface area contributed by atoms with Crippen molar-refractivity contribution in [2.75, 3.05) is 47.4 Å². The molecule has 0 radical (unpaired) electrons. The summed E-state index contributed by atoms with van der Waals surface area (Å²) in [6, 6.07) is 20.2. The van der Waals surface area contributed by atoms with Gasteiger partial charge in [0.1, 0.15) is 5.82 Å². The van der Waals surface area contributed by atoms with Crippen LogP contribution in [0.5, 0.6) is 23.0 Å². The van der Waals surface area contributed by atoms with Crippen molar-refractivity contribution in [2.24, 2.45) is 0 Å². The fourth-order valence-electron chi connectivity index (χ4n) is 4.07. The minimum atomic E-state index is 0.639. The molecule has 0 saturated heterocycles. The lowest BCUT2D eigenvalue weighted by molar-refractivity contribution is 0.355. The predicted octanol–water partition coefficient (Wildman–Crippen LogP) is 5.67. The SMILES string of the molecule is COc1ccc(-c2c(N(C)C)nc3cc(OC)c(OC)cc3c2-c2ccccc2)cc1OC. The number of pyridine rings is 1. The van der Waals surface area contributed by atoms with Crippen molar-refractivity contribution in [3.63, 3.8) is 0 Å². The van der Waals surface area contributed by atoms with E-state index in [-0.39, 0.29) is 0 Å². The summed E-state index contributed by atoms with van der Waals surface area (Å²) in [7, 11) is 10.5. The highest BCUT2D eigenvalue weighted by atomic mass is 16.5. The molecule has 6 heteroatoms. The number of aromatic nitrogens is 1. The third-order valence-electron chi connectivity index (χ3n) is 5.63. The van der Waals surface area contributed by atoms with Gasteiger partial charge in [-0.2, -0.15) is 0 Å². The molecule has 3 aromatic carbocycles. The van der Waals surface area contributed by atoms with Crippen LogP contribution in [-0.2, 0) is 0 Å². The van der Waals surface area contributed by atoms with E-state index < -0.39 is 0 Å². The molecule has 33 heavy (non-hydrogen) atoms. The number of anilines is 1. The molecule has 1 aromatic heterocycles. The van der Waals surface area contributed by atoms with Gasteiger partial charge in [-0.3, -0.25) is 0 Å². The van der Waals surface area contributed by atoms with Crippen LogP contribution in [0, 0.1) is 0 Å². The first-order valence-corrected chi connectivity index (χ1v) is 10.6. The molecule has 0 N–H and O–H groups in total. The summed E-state index contributed by atoms with van der Waals surface area (Å²) in [5.74, 6) is 3.46. The van der Waals surface area contributed by atoms with Gasteiger partial charge in [-0.1, -0.05) is 36.4 Å². The summed E-state index contributed by atoms with van der Waals surface area (Å²) in [6.45, 7) is 0. The second-order valence-corrected chi connectivity index (χ2v) is 7.74. The van der Waals surface area contributed by atoms with Crippen LogP contribution >= 0.6 is 0 Å². The van der Waals surface area contributed by atoms with Crippen LogP contribution in [0.2, 0.25) is 0 Å². The van der Waals surface area contributed by atoms with Gasteiger partial charge in [0.2, 0.25) is 0 Å². The molecular formula is C27H28N2O4. The number of hydrogen-bond acceptors (Lipinski definition) is 6. The molecule has 0 aliphatic heterocycles. The van der Waals surface area contributed by atoms with Crippen LogP contribution < -0.4 is 23.8 Å². The Morgan fingerprint density at radius 3 is 1.82 bits per heavy atom. The first-order valence-electron chi connectivity index (χ1n) is 10.6. The van der Waals surface area contributed by atoms with E-state index in [0.29, 0.717) is 23.0 Å². The number of hydrogen-bond donors (Lipinski definition) is 0. The number of fused-ring (bicyclic) bond motifs is 1. The average molecular weight is 445 g/mol. The molecule has 0 atom stereocenters. The summed E-state index contributed by atoms with van der Waals surface area (Å²) in [6.07, 6.45) is 0. The van der Waals surface area contributed by atoms with Crippen molar-refractivity contribution in [2.45, 2.75) is 0 Å². The number of rotatable bonds is 7. The van der Waals surface area contributed by atoms with E-state index in [1.54, 1.807) is 28.4 Å². The topological polar surface area (TPSA) is 53.1 Å². The van der Waals surface area contributed by atoms with E-state index in [0.717, 1.165) is 39.0 Å². The molecular weight excluding hydrogens is 416 g/mol. The zero-order valence-corrected chi connectivity index (χ0v) is 19.8. The molecule has 0 amide bonds. The maximum atomic E-state index is 5.63. The van der Waals surface area contributed by atoms with Crippen LogP contribution in [0.25, 0.3) is 33.2 Å². The average Bonchev–Trinajstić information content (AvgIpc) is 2.86. The van der Waals surface area contributed by atoms with Crippen LogP contribution in [0.4, 0.5) is 5.82 Å². The maximum Gasteiger partial charge on any atom is 0.162 e. The number of ether oxygens (including phenoxy) is 4. The maximum absolute atomic E-state index is 5.63. The van der Waals surface area contributed by atoms with Crippen molar-refractivity contribution in [1.82, 2.24) is 4.98 Å². The molecule has 0 aliphatic carbocycles. The van der Waals surface area contributed by atoms with Crippen LogP contribution in [0.15, 0.2) is 60.7 Å². The lowest BCUT2D eigenvalue weighted by Gasteiger charge is -2.23. The lowest BCUT2D eigenvalue weighted by atomic mass is 9.91. The standard InChI is InChI=1S/C27H28N2O4/c1-29(2)27-26(18-12-13-21(30-3)22(14-18)31-4)25(17-10-8-7-9-11-17)19-15-23(32-5)24(33-6)16-20(19)28-27/h7-16H,1-6H3. The highest BCUT2D eigenvalue weighted by molar-refractivity contribution is 6.07. The zero-order chi connectivity index (χ0) is 23.5. The summed E-state index contributed by atoms with van der Waals surface area (Å²) >= 11 is 0. The number of nitrogens with zero attached hydrogens (tertiary/aromatic N) is 2. The Morgan fingerprint density at radius 1 is 0.606 bits per heavy atom. The minimum absolute atomic E-state index is 0.639. The molecule has 0 unspecified atom stereocenters. The second kappa shape index (κ2) is 9.28. The fourth-order valence-corrected chi connectivity index (χ4v) is 4.07. The molecule has 4 rings (SSSR count). The largest absolute Gasteiger partial charge is 0.493 e. The first kappa shape index (κ1) is 22.3. The van der Waals surface area contributed by atoms with Gasteiger partial charge < -0.3 is 23.8 Å². The minimum Gasteiger partial charge on any atom is -0.493 e. The highest BCUT2D eigenvalue weighted by Gasteiger charge is 2.22. The van der Waals surface area contributed by atoms with E-state index in [4.69, 9.17) is 23.9 Å². The van der Waals surface area contributed by atoms with Gasteiger partial charge in [0.15, 0.2) is 23.0 Å². The van der Waals surface area contributed by atoms with E-state index >= 15 is 0 Å². The van der Waals surface area contributed by atoms with E-state index in [1.807, 2.05) is 67.5 Å². The monoisotopic (exact) mass is 444 g/mol. The van der Waals surface area contributed by atoms with Crippen molar-refractivity contribution in [3.8, 4) is 45.3 Å². The van der Waals surface area contributed by atoms with Gasteiger partial charge >= 0.3 is 0 Å². The molecule has 0 spiro atoms.